The molecule has 0 aliphatic carbocycles. The van der Waals surface area contributed by atoms with Gasteiger partial charge in [-0.25, -0.2) is 4.39 Å². The van der Waals surface area contributed by atoms with Crippen LogP contribution in [0, 0.1) is 18.7 Å². The van der Waals surface area contributed by atoms with Crippen molar-refractivity contribution in [1.82, 2.24) is 4.90 Å². The van der Waals surface area contributed by atoms with Gasteiger partial charge in [0.15, 0.2) is 0 Å². The van der Waals surface area contributed by atoms with Gasteiger partial charge in [-0.2, -0.15) is 0 Å². The van der Waals surface area contributed by atoms with E-state index in [-0.39, 0.29) is 36.9 Å². The van der Waals surface area contributed by atoms with E-state index < -0.39 is 17.7 Å². The fourth-order valence-electron chi connectivity index (χ4n) is 4.54. The SMILES string of the molecule is COCCN1C(=O)C(=O)/C(=C(/O)c2ccc(OCC(C)C)c(C)c2)C1c1cccc(OCc2ccc(F)cc2)c1. The number of methoxy groups -OCH3 is 1. The average Bonchev–Trinajstić information content (AvgIpc) is 3.19. The lowest BCUT2D eigenvalue weighted by Crippen LogP contribution is -2.32. The third-order valence-corrected chi connectivity index (χ3v) is 6.59. The summed E-state index contributed by atoms with van der Waals surface area (Å²) in [4.78, 5) is 27.8. The third kappa shape index (κ3) is 6.51. The van der Waals surface area contributed by atoms with Crippen molar-refractivity contribution >= 4 is 17.4 Å². The number of Topliss-reactive ketones (excluding diaryl/α,β-unsaturated/α-hetero) is 1. The van der Waals surface area contributed by atoms with Gasteiger partial charge in [0.05, 0.1) is 24.8 Å². The van der Waals surface area contributed by atoms with Gasteiger partial charge < -0.3 is 24.2 Å². The second kappa shape index (κ2) is 12.8. The highest BCUT2D eigenvalue weighted by Crippen LogP contribution is 2.40. The van der Waals surface area contributed by atoms with Crippen molar-refractivity contribution in [2.24, 2.45) is 5.92 Å². The van der Waals surface area contributed by atoms with E-state index in [4.69, 9.17) is 14.2 Å². The minimum Gasteiger partial charge on any atom is -0.507 e. The Morgan fingerprint density at radius 1 is 1.02 bits per heavy atom. The Labute approximate surface area is 233 Å². The molecule has 1 saturated heterocycles. The van der Waals surface area contributed by atoms with Gasteiger partial charge in [-0.3, -0.25) is 9.59 Å². The Bertz CT molecular complexity index is 1400. The number of ketones is 1. The normalized spacial score (nSPS) is 16.6. The number of amides is 1. The zero-order valence-corrected chi connectivity index (χ0v) is 23.1. The number of likely N-dealkylation sites (tertiary alicyclic amines) is 1. The molecule has 8 heteroatoms. The summed E-state index contributed by atoms with van der Waals surface area (Å²) in [5, 5.41) is 11.4. The fraction of sp³-hybridized carbons (Fsp3) is 0.312. The molecule has 1 fully saturated rings. The summed E-state index contributed by atoms with van der Waals surface area (Å²) in [7, 11) is 1.52. The monoisotopic (exact) mass is 547 g/mol. The van der Waals surface area contributed by atoms with Crippen molar-refractivity contribution in [2.75, 3.05) is 26.9 Å². The third-order valence-electron chi connectivity index (χ3n) is 6.59. The number of benzene rings is 3. The first-order valence-electron chi connectivity index (χ1n) is 13.2. The summed E-state index contributed by atoms with van der Waals surface area (Å²) in [5.41, 5.74) is 2.59. The molecule has 1 unspecified atom stereocenters. The minimum absolute atomic E-state index is 0.00737. The predicted molar refractivity (Wildman–Crippen MR) is 150 cm³/mol. The van der Waals surface area contributed by atoms with E-state index in [0.717, 1.165) is 11.1 Å². The molecule has 1 N–H and O–H groups in total. The molecule has 40 heavy (non-hydrogen) atoms. The predicted octanol–water partition coefficient (Wildman–Crippen LogP) is 5.82. The maximum absolute atomic E-state index is 13.3. The number of aryl methyl sites for hydroxylation is 1. The van der Waals surface area contributed by atoms with Gasteiger partial charge in [0.1, 0.15) is 29.7 Å². The number of nitrogens with zero attached hydrogens (tertiary/aromatic N) is 1. The summed E-state index contributed by atoms with van der Waals surface area (Å²) < 4.78 is 30.2. The Morgan fingerprint density at radius 2 is 1.77 bits per heavy atom. The summed E-state index contributed by atoms with van der Waals surface area (Å²) >= 11 is 0. The molecule has 0 bridgehead atoms. The number of rotatable bonds is 11. The number of carbonyl (C=O) groups is 2. The van der Waals surface area contributed by atoms with Crippen LogP contribution in [0.15, 0.2) is 72.3 Å². The zero-order valence-electron chi connectivity index (χ0n) is 23.1. The summed E-state index contributed by atoms with van der Waals surface area (Å²) in [6.45, 7) is 7.11. The van der Waals surface area contributed by atoms with Crippen LogP contribution in [0.2, 0.25) is 0 Å². The maximum Gasteiger partial charge on any atom is 0.295 e. The van der Waals surface area contributed by atoms with Crippen LogP contribution in [0.5, 0.6) is 11.5 Å². The summed E-state index contributed by atoms with van der Waals surface area (Å²) in [6.07, 6.45) is 0. The minimum atomic E-state index is -0.846. The van der Waals surface area contributed by atoms with Crippen LogP contribution < -0.4 is 9.47 Å². The van der Waals surface area contributed by atoms with Crippen molar-refractivity contribution in [3.63, 3.8) is 0 Å². The van der Waals surface area contributed by atoms with E-state index in [1.807, 2.05) is 6.92 Å². The van der Waals surface area contributed by atoms with E-state index in [9.17, 15) is 19.1 Å². The number of hydrogen-bond donors (Lipinski definition) is 1. The first-order chi connectivity index (χ1) is 19.2. The largest absolute Gasteiger partial charge is 0.507 e. The van der Waals surface area contributed by atoms with Crippen LogP contribution >= 0.6 is 0 Å². The molecule has 1 aliphatic heterocycles. The summed E-state index contributed by atoms with van der Waals surface area (Å²) in [5.74, 6) is -0.534. The Morgan fingerprint density at radius 3 is 2.45 bits per heavy atom. The highest BCUT2D eigenvalue weighted by atomic mass is 19.1. The van der Waals surface area contributed by atoms with Gasteiger partial charge in [0.2, 0.25) is 0 Å². The Kier molecular flexibility index (Phi) is 9.22. The van der Waals surface area contributed by atoms with E-state index in [1.54, 1.807) is 54.6 Å². The van der Waals surface area contributed by atoms with Crippen LogP contribution in [0.4, 0.5) is 4.39 Å². The summed E-state index contributed by atoms with van der Waals surface area (Å²) in [6, 6.07) is 17.4. The highest BCUT2D eigenvalue weighted by molar-refractivity contribution is 6.46. The Balaban J connectivity index is 1.70. The van der Waals surface area contributed by atoms with Crippen LogP contribution in [-0.2, 0) is 20.9 Å². The molecule has 3 aromatic rings. The first-order valence-corrected chi connectivity index (χ1v) is 13.2. The van der Waals surface area contributed by atoms with Gasteiger partial charge in [0.25, 0.3) is 11.7 Å². The molecule has 4 rings (SSSR count). The molecular formula is C32H34FNO6. The second-order valence-corrected chi connectivity index (χ2v) is 10.2. The lowest BCUT2D eigenvalue weighted by atomic mass is 9.94. The maximum atomic E-state index is 13.3. The highest BCUT2D eigenvalue weighted by Gasteiger charge is 2.46. The molecular weight excluding hydrogens is 513 g/mol. The van der Waals surface area contributed by atoms with Crippen molar-refractivity contribution in [3.8, 4) is 11.5 Å². The molecule has 1 heterocycles. The smallest absolute Gasteiger partial charge is 0.295 e. The molecule has 3 aromatic carbocycles. The van der Waals surface area contributed by atoms with E-state index in [1.165, 1.54) is 24.1 Å². The van der Waals surface area contributed by atoms with Crippen molar-refractivity contribution in [3.05, 3.63) is 100 Å². The van der Waals surface area contributed by atoms with E-state index >= 15 is 0 Å². The van der Waals surface area contributed by atoms with Crippen molar-refractivity contribution < 1.29 is 33.3 Å². The van der Waals surface area contributed by atoms with Crippen LogP contribution in [0.3, 0.4) is 0 Å². The van der Waals surface area contributed by atoms with Crippen molar-refractivity contribution in [1.29, 1.82) is 0 Å². The van der Waals surface area contributed by atoms with Gasteiger partial charge >= 0.3 is 0 Å². The van der Waals surface area contributed by atoms with Crippen LogP contribution in [0.25, 0.3) is 5.76 Å². The average molecular weight is 548 g/mol. The molecule has 0 aromatic heterocycles. The van der Waals surface area contributed by atoms with Crippen molar-refractivity contribution in [2.45, 2.75) is 33.4 Å². The zero-order chi connectivity index (χ0) is 28.8. The first kappa shape index (κ1) is 28.8. The van der Waals surface area contributed by atoms with Gasteiger partial charge in [-0.15, -0.1) is 0 Å². The van der Waals surface area contributed by atoms with Gasteiger partial charge in [0, 0.05) is 19.2 Å². The molecule has 1 amide bonds. The number of aliphatic hydroxyl groups is 1. The van der Waals surface area contributed by atoms with Crippen LogP contribution in [0.1, 0.15) is 42.1 Å². The molecule has 1 aliphatic rings. The fourth-order valence-corrected chi connectivity index (χ4v) is 4.54. The number of hydrogen-bond acceptors (Lipinski definition) is 6. The standard InChI is InChI=1S/C32H34FNO6/c1-20(2)18-40-27-13-10-24(16-21(27)3)30(35)28-29(34(14-15-38-4)32(37)31(28)36)23-6-5-7-26(17-23)39-19-22-8-11-25(33)12-9-22/h5-13,16-17,20,29,35H,14-15,18-19H2,1-4H3/b30-28+. The lowest BCUT2D eigenvalue weighted by molar-refractivity contribution is -0.140. The molecule has 0 radical (unpaired) electrons. The van der Waals surface area contributed by atoms with E-state index in [0.29, 0.717) is 35.2 Å². The Hall–Kier alpha value is -4.17. The molecule has 0 saturated carbocycles. The molecule has 0 spiro atoms. The lowest BCUT2D eigenvalue weighted by Gasteiger charge is -2.25. The number of ether oxygens (including phenoxy) is 3. The molecule has 210 valence electrons. The van der Waals surface area contributed by atoms with E-state index in [2.05, 4.69) is 13.8 Å². The molecule has 7 nitrogen and oxygen atoms in total. The van der Waals surface area contributed by atoms with Gasteiger partial charge in [-0.05, 0) is 72.0 Å². The van der Waals surface area contributed by atoms with Gasteiger partial charge in [-0.1, -0.05) is 38.1 Å². The quantitative estimate of drug-likeness (QED) is 0.185. The second-order valence-electron chi connectivity index (χ2n) is 10.2. The topological polar surface area (TPSA) is 85.3 Å². The molecule has 1 atom stereocenters. The van der Waals surface area contributed by atoms with Crippen LogP contribution in [-0.4, -0.2) is 48.6 Å². The number of halogens is 1. The number of aliphatic hydroxyl groups excluding tert-OH is 1. The number of carbonyl (C=O) groups excluding carboxylic acids is 2.